The number of imide groups is 1. The predicted octanol–water partition coefficient (Wildman–Crippen LogP) is 5.66. The summed E-state index contributed by atoms with van der Waals surface area (Å²) < 4.78 is 11.7. The summed E-state index contributed by atoms with van der Waals surface area (Å²) in [5.74, 6) is -1.59. The first kappa shape index (κ1) is 28.6. The normalized spacial score (nSPS) is 24.9. The van der Waals surface area contributed by atoms with Gasteiger partial charge in [-0.3, -0.25) is 14.5 Å². The number of nitrogens with zero attached hydrogens (tertiary/aromatic N) is 1. The Morgan fingerprint density at radius 1 is 1.15 bits per heavy atom. The van der Waals surface area contributed by atoms with Gasteiger partial charge in [0.2, 0.25) is 11.8 Å². The smallest absolute Gasteiger partial charge is 0.455 e. The van der Waals surface area contributed by atoms with E-state index in [2.05, 4.69) is 13.0 Å². The monoisotopic (exact) mass is 563 g/mol. The Balaban J connectivity index is 1.44. The molecule has 2 amide bonds. The van der Waals surface area contributed by atoms with E-state index in [0.29, 0.717) is 36.6 Å². The number of allylic oxidation sites excluding steroid dienone is 1. The van der Waals surface area contributed by atoms with E-state index in [1.165, 1.54) is 16.5 Å². The fraction of sp³-hybridized carbons (Fsp3) is 0.419. The second-order valence-corrected chi connectivity index (χ2v) is 11.3. The second kappa shape index (κ2) is 12.3. The van der Waals surface area contributed by atoms with E-state index in [9.17, 15) is 19.7 Å². The van der Waals surface area contributed by atoms with Gasteiger partial charge in [0.15, 0.2) is 0 Å². The third-order valence-electron chi connectivity index (χ3n) is 8.28. The molecule has 2 aromatic rings. The number of halogens is 1. The fourth-order valence-corrected chi connectivity index (χ4v) is 6.89. The van der Waals surface area contributed by atoms with E-state index in [1.54, 1.807) is 31.4 Å². The standard InChI is InChI=1S/C31H35BClNO6/c1-3-7-19(14-20-11-12-23(35)16-26(20)33)10-13-27-28-21(18-39-2)15-24-29(25(28)17-32(38)40-27)31(37)34(30(24)36)22-8-5-4-6-9-22/h4-6,8-9,11-12,14,16,24-25,27,29,35,38H,3,7,10,13,15,17-18H2,1-2H3/b19-14+/t24-,25+,27-,29-/m1/s1. The molecule has 4 atom stereocenters. The van der Waals surface area contributed by atoms with Crippen LogP contribution in [-0.4, -0.2) is 48.9 Å². The van der Waals surface area contributed by atoms with Crippen LogP contribution in [0.2, 0.25) is 11.3 Å². The minimum atomic E-state index is -1.03. The highest BCUT2D eigenvalue weighted by Crippen LogP contribution is 2.51. The van der Waals surface area contributed by atoms with Crippen molar-refractivity contribution in [2.45, 2.75) is 51.5 Å². The minimum Gasteiger partial charge on any atom is -0.508 e. The van der Waals surface area contributed by atoms with E-state index < -0.39 is 25.1 Å². The van der Waals surface area contributed by atoms with Gasteiger partial charge in [0.05, 0.1) is 35.3 Å². The number of hydrogen-bond donors (Lipinski definition) is 2. The number of fused-ring (bicyclic) bond motifs is 3. The molecule has 2 N–H and O–H groups in total. The van der Waals surface area contributed by atoms with Crippen LogP contribution in [0, 0.1) is 17.8 Å². The number of benzene rings is 2. The van der Waals surface area contributed by atoms with Crippen molar-refractivity contribution in [1.29, 1.82) is 0 Å². The molecule has 0 aromatic heterocycles. The third kappa shape index (κ3) is 5.63. The summed E-state index contributed by atoms with van der Waals surface area (Å²) in [5, 5.41) is 21.0. The van der Waals surface area contributed by atoms with Crippen LogP contribution in [0.3, 0.4) is 0 Å². The highest BCUT2D eigenvalue weighted by Gasteiger charge is 2.57. The van der Waals surface area contributed by atoms with Crippen molar-refractivity contribution in [3.05, 3.63) is 75.8 Å². The Hall–Kier alpha value is -2.91. The number of carbonyl (C=O) groups is 2. The van der Waals surface area contributed by atoms with Gasteiger partial charge in [0.25, 0.3) is 0 Å². The Kier molecular flexibility index (Phi) is 8.81. The molecule has 0 bridgehead atoms. The maximum Gasteiger partial charge on any atom is 0.455 e. The largest absolute Gasteiger partial charge is 0.508 e. The zero-order valence-electron chi connectivity index (χ0n) is 22.9. The van der Waals surface area contributed by atoms with Gasteiger partial charge in [0.1, 0.15) is 5.75 Å². The topological polar surface area (TPSA) is 96.3 Å². The number of anilines is 1. The van der Waals surface area contributed by atoms with Crippen LogP contribution >= 0.6 is 11.6 Å². The van der Waals surface area contributed by atoms with Gasteiger partial charge in [-0.15, -0.1) is 0 Å². The maximum atomic E-state index is 13.8. The Morgan fingerprint density at radius 2 is 1.93 bits per heavy atom. The number of aromatic hydroxyl groups is 1. The van der Waals surface area contributed by atoms with Crippen LogP contribution in [-0.2, 0) is 19.0 Å². The molecule has 2 fully saturated rings. The molecule has 40 heavy (non-hydrogen) atoms. The first-order valence-corrected chi connectivity index (χ1v) is 14.3. The zero-order chi connectivity index (χ0) is 28.4. The van der Waals surface area contributed by atoms with Crippen molar-refractivity contribution < 1.29 is 29.1 Å². The number of para-hydroxylation sites is 1. The predicted molar refractivity (Wildman–Crippen MR) is 156 cm³/mol. The average Bonchev–Trinajstić information content (AvgIpc) is 3.18. The lowest BCUT2D eigenvalue weighted by atomic mass is 9.58. The van der Waals surface area contributed by atoms with Crippen molar-refractivity contribution in [3.8, 4) is 5.75 Å². The maximum absolute atomic E-state index is 13.8. The summed E-state index contributed by atoms with van der Waals surface area (Å²) in [4.78, 5) is 28.7. The molecule has 5 rings (SSSR count). The Labute approximate surface area is 240 Å². The van der Waals surface area contributed by atoms with Gasteiger partial charge in [-0.05, 0) is 85.0 Å². The third-order valence-corrected chi connectivity index (χ3v) is 8.61. The molecule has 1 aliphatic carbocycles. The van der Waals surface area contributed by atoms with Crippen molar-refractivity contribution in [3.63, 3.8) is 0 Å². The minimum absolute atomic E-state index is 0.119. The quantitative estimate of drug-likeness (QED) is 0.232. The van der Waals surface area contributed by atoms with Crippen LogP contribution in [0.4, 0.5) is 5.69 Å². The molecule has 2 saturated heterocycles. The van der Waals surface area contributed by atoms with E-state index in [4.69, 9.17) is 21.0 Å². The lowest BCUT2D eigenvalue weighted by molar-refractivity contribution is -0.122. The summed E-state index contributed by atoms with van der Waals surface area (Å²) in [6, 6.07) is 14.0. The van der Waals surface area contributed by atoms with Crippen LogP contribution < -0.4 is 4.90 Å². The molecular formula is C31H35BClNO6. The first-order valence-electron chi connectivity index (χ1n) is 14.0. The van der Waals surface area contributed by atoms with Gasteiger partial charge in [-0.25, -0.2) is 0 Å². The molecule has 0 spiro atoms. The molecule has 7 nitrogen and oxygen atoms in total. The van der Waals surface area contributed by atoms with Gasteiger partial charge in [-0.1, -0.05) is 54.8 Å². The molecule has 3 aliphatic rings. The number of rotatable bonds is 9. The van der Waals surface area contributed by atoms with Crippen molar-refractivity contribution in [2.75, 3.05) is 18.6 Å². The van der Waals surface area contributed by atoms with E-state index in [0.717, 1.165) is 29.6 Å². The van der Waals surface area contributed by atoms with E-state index >= 15 is 0 Å². The molecule has 2 aliphatic heterocycles. The van der Waals surface area contributed by atoms with Crippen LogP contribution in [0.25, 0.3) is 6.08 Å². The molecule has 0 unspecified atom stereocenters. The number of phenols is 1. The molecule has 2 aromatic carbocycles. The second-order valence-electron chi connectivity index (χ2n) is 10.9. The van der Waals surface area contributed by atoms with Gasteiger partial charge in [0, 0.05) is 7.11 Å². The molecular weight excluding hydrogens is 529 g/mol. The van der Waals surface area contributed by atoms with E-state index in [1.807, 2.05) is 18.2 Å². The molecule has 9 heteroatoms. The van der Waals surface area contributed by atoms with Crippen molar-refractivity contribution in [1.82, 2.24) is 0 Å². The number of ether oxygens (including phenoxy) is 1. The number of carbonyl (C=O) groups excluding carboxylic acids is 2. The zero-order valence-corrected chi connectivity index (χ0v) is 23.6. The first-order chi connectivity index (χ1) is 19.3. The highest BCUT2D eigenvalue weighted by molar-refractivity contribution is 6.43. The molecule has 210 valence electrons. The van der Waals surface area contributed by atoms with Gasteiger partial charge in [-0.2, -0.15) is 0 Å². The summed E-state index contributed by atoms with van der Waals surface area (Å²) in [6.45, 7) is 2.46. The Bertz CT molecular complexity index is 1330. The molecule has 0 radical (unpaired) electrons. The summed E-state index contributed by atoms with van der Waals surface area (Å²) in [7, 11) is 0.601. The number of methoxy groups -OCH3 is 1. The average molecular weight is 564 g/mol. The number of hydrogen-bond acceptors (Lipinski definition) is 6. The highest BCUT2D eigenvalue weighted by atomic mass is 35.5. The lowest BCUT2D eigenvalue weighted by Crippen LogP contribution is -2.46. The lowest BCUT2D eigenvalue weighted by Gasteiger charge is -2.43. The van der Waals surface area contributed by atoms with Crippen LogP contribution in [0.5, 0.6) is 5.75 Å². The van der Waals surface area contributed by atoms with Gasteiger partial charge >= 0.3 is 7.12 Å². The number of phenolic OH excluding ortho intramolecular Hbond substituents is 1. The SMILES string of the molecule is CCC/C(=C\c1ccc(O)cc1Cl)CC[C@H]1OB(O)C[C@H]2C1=C(COC)C[C@H]1C(=O)N(c3ccccc3)C(=O)[C@H]12. The van der Waals surface area contributed by atoms with Crippen molar-refractivity contribution >= 4 is 42.3 Å². The molecule has 0 saturated carbocycles. The number of amides is 2. The molecule has 2 heterocycles. The Morgan fingerprint density at radius 3 is 2.62 bits per heavy atom. The van der Waals surface area contributed by atoms with Crippen LogP contribution in [0.15, 0.2) is 65.3 Å². The summed E-state index contributed by atoms with van der Waals surface area (Å²) in [5.41, 5.74) is 4.59. The van der Waals surface area contributed by atoms with Crippen molar-refractivity contribution in [2.24, 2.45) is 17.8 Å². The van der Waals surface area contributed by atoms with E-state index in [-0.39, 0.29) is 29.8 Å². The van der Waals surface area contributed by atoms with Gasteiger partial charge < -0.3 is 19.5 Å². The summed E-state index contributed by atoms with van der Waals surface area (Å²) in [6.07, 6.45) is 5.49. The van der Waals surface area contributed by atoms with Crippen LogP contribution in [0.1, 0.15) is 44.6 Å². The summed E-state index contributed by atoms with van der Waals surface area (Å²) >= 11 is 6.37. The fourth-order valence-electron chi connectivity index (χ4n) is 6.66.